The predicted molar refractivity (Wildman–Crippen MR) is 68.3 cm³/mol. The van der Waals surface area contributed by atoms with E-state index in [4.69, 9.17) is 5.26 Å². The standard InChI is InChI=1S/C11H8BrN3S/c12-10-3-8(4-13)1-2-11(10)15-6-9-5-14-7-16-9/h1-3,5,7,15H,6H2. The summed E-state index contributed by atoms with van der Waals surface area (Å²) < 4.78 is 0.899. The molecule has 0 radical (unpaired) electrons. The topological polar surface area (TPSA) is 48.7 Å². The van der Waals surface area contributed by atoms with E-state index in [0.717, 1.165) is 16.7 Å². The average Bonchev–Trinajstić information content (AvgIpc) is 2.80. The Morgan fingerprint density at radius 2 is 2.38 bits per heavy atom. The fraction of sp³-hybridized carbons (Fsp3) is 0.0909. The van der Waals surface area contributed by atoms with Crippen LogP contribution in [0.25, 0.3) is 0 Å². The highest BCUT2D eigenvalue weighted by Crippen LogP contribution is 2.24. The van der Waals surface area contributed by atoms with Crippen molar-refractivity contribution < 1.29 is 0 Å². The summed E-state index contributed by atoms with van der Waals surface area (Å²) >= 11 is 5.04. The van der Waals surface area contributed by atoms with E-state index in [1.54, 1.807) is 23.5 Å². The van der Waals surface area contributed by atoms with Crippen molar-refractivity contribution in [3.63, 3.8) is 0 Å². The first-order valence-electron chi connectivity index (χ1n) is 4.60. The van der Waals surface area contributed by atoms with Gasteiger partial charge in [0.15, 0.2) is 0 Å². The van der Waals surface area contributed by atoms with Crippen LogP contribution in [0, 0.1) is 11.3 Å². The summed E-state index contributed by atoms with van der Waals surface area (Å²) in [5.41, 5.74) is 3.44. The van der Waals surface area contributed by atoms with E-state index in [1.807, 2.05) is 17.8 Å². The first-order valence-corrected chi connectivity index (χ1v) is 6.28. The van der Waals surface area contributed by atoms with E-state index in [9.17, 15) is 0 Å². The maximum absolute atomic E-state index is 8.74. The van der Waals surface area contributed by atoms with Gasteiger partial charge in [-0.2, -0.15) is 5.26 Å². The second kappa shape index (κ2) is 5.10. The molecule has 3 nitrogen and oxygen atoms in total. The molecule has 1 heterocycles. The first kappa shape index (κ1) is 11.1. The maximum atomic E-state index is 8.74. The number of nitriles is 1. The van der Waals surface area contributed by atoms with Crippen molar-refractivity contribution in [3.05, 3.63) is 44.8 Å². The Morgan fingerprint density at radius 1 is 1.50 bits per heavy atom. The van der Waals surface area contributed by atoms with Gasteiger partial charge in [-0.15, -0.1) is 11.3 Å². The highest BCUT2D eigenvalue weighted by molar-refractivity contribution is 9.10. The lowest BCUT2D eigenvalue weighted by Crippen LogP contribution is -1.98. The number of benzene rings is 1. The Morgan fingerprint density at radius 3 is 3.00 bits per heavy atom. The van der Waals surface area contributed by atoms with Gasteiger partial charge in [0, 0.05) is 21.2 Å². The van der Waals surface area contributed by atoms with Crippen LogP contribution in [0.4, 0.5) is 5.69 Å². The molecule has 80 valence electrons. The van der Waals surface area contributed by atoms with Crippen molar-refractivity contribution >= 4 is 33.0 Å². The lowest BCUT2D eigenvalue weighted by Gasteiger charge is -2.06. The zero-order valence-electron chi connectivity index (χ0n) is 8.27. The smallest absolute Gasteiger partial charge is 0.0992 e. The number of hydrogen-bond acceptors (Lipinski definition) is 4. The molecule has 2 aromatic rings. The molecule has 0 aliphatic heterocycles. The van der Waals surface area contributed by atoms with Crippen LogP contribution in [0.15, 0.2) is 34.4 Å². The maximum Gasteiger partial charge on any atom is 0.0992 e. The summed E-state index contributed by atoms with van der Waals surface area (Å²) in [5, 5.41) is 12.0. The second-order valence-corrected chi connectivity index (χ2v) is 4.95. The van der Waals surface area contributed by atoms with Gasteiger partial charge in [0.1, 0.15) is 0 Å². The minimum atomic E-state index is 0.648. The van der Waals surface area contributed by atoms with Gasteiger partial charge < -0.3 is 5.32 Å². The third-order valence-electron chi connectivity index (χ3n) is 2.03. The summed E-state index contributed by atoms with van der Waals surface area (Å²) in [6.45, 7) is 0.745. The SMILES string of the molecule is N#Cc1ccc(NCc2cncs2)c(Br)c1. The van der Waals surface area contributed by atoms with Crippen molar-refractivity contribution in [1.29, 1.82) is 5.26 Å². The van der Waals surface area contributed by atoms with Gasteiger partial charge in [0.05, 0.1) is 23.7 Å². The molecule has 0 aliphatic rings. The van der Waals surface area contributed by atoms with E-state index in [2.05, 4.69) is 32.3 Å². The summed E-state index contributed by atoms with van der Waals surface area (Å²) in [4.78, 5) is 5.19. The summed E-state index contributed by atoms with van der Waals surface area (Å²) in [6, 6.07) is 7.58. The Hall–Kier alpha value is -1.38. The number of hydrogen-bond donors (Lipinski definition) is 1. The van der Waals surface area contributed by atoms with Crippen molar-refractivity contribution in [2.75, 3.05) is 5.32 Å². The minimum Gasteiger partial charge on any atom is -0.379 e. The van der Waals surface area contributed by atoms with Crippen LogP contribution >= 0.6 is 27.3 Å². The molecule has 0 fully saturated rings. The normalized spacial score (nSPS) is 9.75. The quantitative estimate of drug-likeness (QED) is 0.944. The van der Waals surface area contributed by atoms with Gasteiger partial charge in [-0.1, -0.05) is 0 Å². The molecule has 0 atom stereocenters. The molecule has 1 aromatic heterocycles. The molecular weight excluding hydrogens is 286 g/mol. The average molecular weight is 294 g/mol. The molecule has 0 unspecified atom stereocenters. The van der Waals surface area contributed by atoms with Crippen molar-refractivity contribution in [2.24, 2.45) is 0 Å². The van der Waals surface area contributed by atoms with Crippen molar-refractivity contribution in [1.82, 2.24) is 4.98 Å². The van der Waals surface area contributed by atoms with Crippen LogP contribution in [-0.4, -0.2) is 4.98 Å². The Kier molecular flexibility index (Phi) is 3.54. The zero-order valence-corrected chi connectivity index (χ0v) is 10.7. The highest BCUT2D eigenvalue weighted by atomic mass is 79.9. The molecular formula is C11H8BrN3S. The van der Waals surface area contributed by atoms with Gasteiger partial charge in [-0.3, -0.25) is 4.98 Å². The molecule has 0 amide bonds. The van der Waals surface area contributed by atoms with Gasteiger partial charge in [0.2, 0.25) is 0 Å². The molecule has 1 N–H and O–H groups in total. The van der Waals surface area contributed by atoms with E-state index < -0.39 is 0 Å². The third kappa shape index (κ3) is 2.60. The lowest BCUT2D eigenvalue weighted by atomic mass is 10.2. The van der Waals surface area contributed by atoms with Crippen LogP contribution in [0.5, 0.6) is 0 Å². The molecule has 1 aromatic carbocycles. The van der Waals surface area contributed by atoms with Crippen LogP contribution in [0.1, 0.15) is 10.4 Å². The molecule has 0 bridgehead atoms. The van der Waals surface area contributed by atoms with Gasteiger partial charge in [-0.05, 0) is 34.1 Å². The van der Waals surface area contributed by atoms with Crippen LogP contribution in [0.2, 0.25) is 0 Å². The molecule has 0 spiro atoms. The molecule has 16 heavy (non-hydrogen) atoms. The number of rotatable bonds is 3. The Balaban J connectivity index is 2.08. The number of nitrogens with one attached hydrogen (secondary N) is 1. The van der Waals surface area contributed by atoms with E-state index >= 15 is 0 Å². The third-order valence-corrected chi connectivity index (χ3v) is 3.47. The molecule has 5 heteroatoms. The number of anilines is 1. The summed E-state index contributed by atoms with van der Waals surface area (Å²) in [5.74, 6) is 0. The van der Waals surface area contributed by atoms with Crippen molar-refractivity contribution in [3.8, 4) is 6.07 Å². The van der Waals surface area contributed by atoms with Crippen LogP contribution < -0.4 is 5.32 Å². The summed E-state index contributed by atoms with van der Waals surface area (Å²) in [6.07, 6.45) is 1.84. The minimum absolute atomic E-state index is 0.648. The van der Waals surface area contributed by atoms with E-state index in [0.29, 0.717) is 5.56 Å². The first-order chi connectivity index (χ1) is 7.79. The van der Waals surface area contributed by atoms with Crippen LogP contribution in [-0.2, 0) is 6.54 Å². The number of halogens is 1. The summed E-state index contributed by atoms with van der Waals surface area (Å²) in [7, 11) is 0. The Bertz CT molecular complexity index is 517. The van der Waals surface area contributed by atoms with Crippen molar-refractivity contribution in [2.45, 2.75) is 6.54 Å². The number of thiazole rings is 1. The highest BCUT2D eigenvalue weighted by Gasteiger charge is 2.01. The fourth-order valence-corrected chi connectivity index (χ4v) is 2.29. The lowest BCUT2D eigenvalue weighted by molar-refractivity contribution is 1.17. The van der Waals surface area contributed by atoms with Gasteiger partial charge in [0.25, 0.3) is 0 Å². The molecule has 0 saturated heterocycles. The molecule has 0 aliphatic carbocycles. The van der Waals surface area contributed by atoms with E-state index in [-0.39, 0.29) is 0 Å². The number of aromatic nitrogens is 1. The zero-order chi connectivity index (χ0) is 11.4. The van der Waals surface area contributed by atoms with Gasteiger partial charge >= 0.3 is 0 Å². The van der Waals surface area contributed by atoms with Crippen LogP contribution in [0.3, 0.4) is 0 Å². The molecule has 0 saturated carbocycles. The monoisotopic (exact) mass is 293 g/mol. The van der Waals surface area contributed by atoms with E-state index in [1.165, 1.54) is 4.88 Å². The largest absolute Gasteiger partial charge is 0.379 e. The number of nitrogens with zero attached hydrogens (tertiary/aromatic N) is 2. The second-order valence-electron chi connectivity index (χ2n) is 3.13. The predicted octanol–water partition coefficient (Wildman–Crippen LogP) is 3.39. The molecule has 2 rings (SSSR count). The fourth-order valence-electron chi connectivity index (χ4n) is 1.24. The van der Waals surface area contributed by atoms with Gasteiger partial charge in [-0.25, -0.2) is 0 Å². The Labute approximate surface area is 106 Å².